The molecule has 3 aromatic rings. The summed E-state index contributed by atoms with van der Waals surface area (Å²) in [5, 5.41) is 3.90. The Bertz CT molecular complexity index is 915. The molecule has 23 heavy (non-hydrogen) atoms. The second-order valence-electron chi connectivity index (χ2n) is 4.98. The summed E-state index contributed by atoms with van der Waals surface area (Å²) in [5.74, 6) is -0.237. The van der Waals surface area contributed by atoms with Gasteiger partial charge in [0.25, 0.3) is 0 Å². The molecular weight excluding hydrogens is 333 g/mol. The van der Waals surface area contributed by atoms with E-state index in [1.54, 1.807) is 30.5 Å². The molecule has 0 aliphatic heterocycles. The van der Waals surface area contributed by atoms with Gasteiger partial charge in [-0.15, -0.1) is 0 Å². The van der Waals surface area contributed by atoms with Crippen molar-refractivity contribution in [2.75, 3.05) is 5.32 Å². The van der Waals surface area contributed by atoms with Gasteiger partial charge in [-0.1, -0.05) is 29.3 Å². The highest BCUT2D eigenvalue weighted by Gasteiger charge is 2.06. The van der Waals surface area contributed by atoms with Gasteiger partial charge < -0.3 is 9.72 Å². The van der Waals surface area contributed by atoms with Crippen LogP contribution in [-0.2, 0) is 4.79 Å². The number of amides is 1. The molecule has 1 amide bonds. The first-order valence-corrected chi connectivity index (χ1v) is 7.67. The van der Waals surface area contributed by atoms with E-state index < -0.39 is 0 Å². The van der Waals surface area contributed by atoms with Crippen LogP contribution in [0.2, 0.25) is 10.0 Å². The molecule has 1 N–H and O–H groups in total. The number of aromatic nitrogens is 2. The summed E-state index contributed by atoms with van der Waals surface area (Å²) >= 11 is 11.9. The Kier molecular flexibility index (Phi) is 4.37. The van der Waals surface area contributed by atoms with Crippen LogP contribution in [0.4, 0.5) is 5.69 Å². The second-order valence-corrected chi connectivity index (χ2v) is 5.82. The van der Waals surface area contributed by atoms with E-state index in [0.717, 1.165) is 22.6 Å². The van der Waals surface area contributed by atoms with Crippen molar-refractivity contribution in [1.82, 2.24) is 9.38 Å². The van der Waals surface area contributed by atoms with Crippen LogP contribution in [-0.4, -0.2) is 15.3 Å². The Morgan fingerprint density at radius 2 is 2.09 bits per heavy atom. The maximum absolute atomic E-state index is 12.1. The Morgan fingerprint density at radius 3 is 2.87 bits per heavy atom. The van der Waals surface area contributed by atoms with E-state index in [9.17, 15) is 4.79 Å². The van der Waals surface area contributed by atoms with Crippen molar-refractivity contribution in [3.63, 3.8) is 0 Å². The van der Waals surface area contributed by atoms with E-state index in [-0.39, 0.29) is 5.91 Å². The molecule has 2 heterocycles. The molecule has 4 nitrogen and oxygen atoms in total. The first kappa shape index (κ1) is 15.6. The third-order valence-corrected chi connectivity index (χ3v) is 4.02. The summed E-state index contributed by atoms with van der Waals surface area (Å²) in [6, 6.07) is 8.80. The van der Waals surface area contributed by atoms with E-state index in [2.05, 4.69) is 10.3 Å². The summed E-state index contributed by atoms with van der Waals surface area (Å²) in [6.07, 6.45) is 6.66. The molecule has 0 aliphatic rings. The number of aryl methyl sites for hydroxylation is 1. The number of fused-ring (bicyclic) bond motifs is 1. The Balaban J connectivity index is 1.78. The van der Waals surface area contributed by atoms with Crippen LogP contribution >= 0.6 is 23.2 Å². The minimum atomic E-state index is -0.237. The van der Waals surface area contributed by atoms with Gasteiger partial charge in [-0.2, -0.15) is 0 Å². The predicted octanol–water partition coefficient (Wildman–Crippen LogP) is 4.60. The molecular formula is C17H13Cl2N3O. The van der Waals surface area contributed by atoms with Crippen molar-refractivity contribution in [2.45, 2.75) is 6.92 Å². The normalized spacial score (nSPS) is 11.3. The monoisotopic (exact) mass is 345 g/mol. The zero-order chi connectivity index (χ0) is 16.4. The van der Waals surface area contributed by atoms with E-state index in [1.165, 1.54) is 6.08 Å². The zero-order valence-corrected chi connectivity index (χ0v) is 13.8. The standard InChI is InChI=1S/C17H13Cl2N3O/c1-11-15(5-6-16-20-8-9-22(11)16)21-17(23)7-3-12-2-4-13(18)10-14(12)19/h2-10H,1H3,(H,21,23)/b7-3+. The third kappa shape index (κ3) is 3.38. The highest BCUT2D eigenvalue weighted by Crippen LogP contribution is 2.22. The summed E-state index contributed by atoms with van der Waals surface area (Å²) in [7, 11) is 0. The van der Waals surface area contributed by atoms with Gasteiger partial charge in [-0.3, -0.25) is 4.79 Å². The van der Waals surface area contributed by atoms with Gasteiger partial charge in [0.15, 0.2) is 0 Å². The molecule has 0 saturated heterocycles. The number of rotatable bonds is 3. The van der Waals surface area contributed by atoms with E-state index in [0.29, 0.717) is 10.0 Å². The molecule has 1 aromatic carbocycles. The Labute approximate surface area is 143 Å². The molecule has 116 valence electrons. The largest absolute Gasteiger partial charge is 0.321 e. The van der Waals surface area contributed by atoms with Crippen LogP contribution in [0.3, 0.4) is 0 Å². The van der Waals surface area contributed by atoms with Crippen LogP contribution in [0, 0.1) is 6.92 Å². The number of hydrogen-bond acceptors (Lipinski definition) is 2. The molecule has 3 rings (SSSR count). The van der Waals surface area contributed by atoms with Crippen molar-refractivity contribution < 1.29 is 4.79 Å². The lowest BCUT2D eigenvalue weighted by Gasteiger charge is -2.08. The smallest absolute Gasteiger partial charge is 0.248 e. The average Bonchev–Trinajstić information content (AvgIpc) is 2.98. The highest BCUT2D eigenvalue weighted by atomic mass is 35.5. The molecule has 6 heteroatoms. The van der Waals surface area contributed by atoms with Gasteiger partial charge in [-0.05, 0) is 42.8 Å². The lowest BCUT2D eigenvalue weighted by molar-refractivity contribution is -0.111. The zero-order valence-electron chi connectivity index (χ0n) is 12.3. The Hall–Kier alpha value is -2.30. The lowest BCUT2D eigenvalue weighted by atomic mass is 10.2. The van der Waals surface area contributed by atoms with E-state index in [4.69, 9.17) is 23.2 Å². The number of carbonyl (C=O) groups is 1. The number of halogens is 2. The SMILES string of the molecule is Cc1c(NC(=O)/C=C/c2ccc(Cl)cc2Cl)ccc2nccn12. The topological polar surface area (TPSA) is 46.4 Å². The number of pyridine rings is 1. The number of anilines is 1. The summed E-state index contributed by atoms with van der Waals surface area (Å²) < 4.78 is 1.91. The second kappa shape index (κ2) is 6.44. The van der Waals surface area contributed by atoms with E-state index >= 15 is 0 Å². The van der Waals surface area contributed by atoms with E-state index in [1.807, 2.05) is 29.7 Å². The fourth-order valence-electron chi connectivity index (χ4n) is 2.24. The number of imidazole rings is 1. The molecule has 0 fully saturated rings. The van der Waals surface area contributed by atoms with Crippen LogP contribution in [0.25, 0.3) is 11.7 Å². The molecule has 0 spiro atoms. The minimum absolute atomic E-state index is 0.237. The van der Waals surface area contributed by atoms with Gasteiger partial charge in [0.05, 0.1) is 5.69 Å². The van der Waals surface area contributed by atoms with Crippen molar-refractivity contribution in [3.8, 4) is 0 Å². The molecule has 0 aliphatic carbocycles. The number of hydrogen-bond donors (Lipinski definition) is 1. The van der Waals surface area contributed by atoms with Crippen molar-refractivity contribution >= 4 is 46.5 Å². The lowest BCUT2D eigenvalue weighted by Crippen LogP contribution is -2.10. The quantitative estimate of drug-likeness (QED) is 0.705. The van der Waals surface area contributed by atoms with Gasteiger partial charge in [0.1, 0.15) is 5.65 Å². The molecule has 0 saturated carbocycles. The van der Waals surface area contributed by atoms with Crippen LogP contribution < -0.4 is 5.32 Å². The van der Waals surface area contributed by atoms with Gasteiger partial charge in [0, 0.05) is 34.2 Å². The first-order valence-electron chi connectivity index (χ1n) is 6.91. The summed E-state index contributed by atoms with van der Waals surface area (Å²) in [5.41, 5.74) is 3.20. The maximum Gasteiger partial charge on any atom is 0.248 e. The minimum Gasteiger partial charge on any atom is -0.321 e. The number of benzene rings is 1. The summed E-state index contributed by atoms with van der Waals surface area (Å²) in [4.78, 5) is 16.3. The molecule has 0 bridgehead atoms. The van der Waals surface area contributed by atoms with Crippen molar-refractivity contribution in [3.05, 3.63) is 70.1 Å². The van der Waals surface area contributed by atoms with Gasteiger partial charge >= 0.3 is 0 Å². The van der Waals surface area contributed by atoms with Crippen molar-refractivity contribution in [2.24, 2.45) is 0 Å². The third-order valence-electron chi connectivity index (χ3n) is 3.45. The highest BCUT2D eigenvalue weighted by molar-refractivity contribution is 6.35. The number of nitrogens with one attached hydrogen (secondary N) is 1. The van der Waals surface area contributed by atoms with Gasteiger partial charge in [0.2, 0.25) is 5.91 Å². The fraction of sp³-hybridized carbons (Fsp3) is 0.0588. The van der Waals surface area contributed by atoms with Crippen LogP contribution in [0.1, 0.15) is 11.3 Å². The van der Waals surface area contributed by atoms with Gasteiger partial charge in [-0.25, -0.2) is 4.98 Å². The fourth-order valence-corrected chi connectivity index (χ4v) is 2.71. The Morgan fingerprint density at radius 1 is 1.26 bits per heavy atom. The van der Waals surface area contributed by atoms with Crippen LogP contribution in [0.15, 0.2) is 48.8 Å². The molecule has 0 atom stereocenters. The summed E-state index contributed by atoms with van der Waals surface area (Å²) in [6.45, 7) is 1.92. The molecule has 0 unspecified atom stereocenters. The maximum atomic E-state index is 12.1. The predicted molar refractivity (Wildman–Crippen MR) is 94.1 cm³/mol. The van der Waals surface area contributed by atoms with Crippen LogP contribution in [0.5, 0.6) is 0 Å². The average molecular weight is 346 g/mol. The molecule has 2 aromatic heterocycles. The van der Waals surface area contributed by atoms with Crippen molar-refractivity contribution in [1.29, 1.82) is 0 Å². The first-order chi connectivity index (χ1) is 11.0. The number of carbonyl (C=O) groups excluding carboxylic acids is 1. The molecule has 0 radical (unpaired) electrons. The number of nitrogens with zero attached hydrogens (tertiary/aromatic N) is 2.